The molecule has 0 aromatic rings. The van der Waals surface area contributed by atoms with Crippen LogP contribution in [0.5, 0.6) is 0 Å². The minimum absolute atomic E-state index is 0.192. The summed E-state index contributed by atoms with van der Waals surface area (Å²) >= 11 is 0. The van der Waals surface area contributed by atoms with Gasteiger partial charge in [0, 0.05) is 25.6 Å². The highest BCUT2D eigenvalue weighted by Crippen LogP contribution is 2.25. The quantitative estimate of drug-likeness (QED) is 0.807. The molecular formula is C16H31N3O. The molecule has 0 bridgehead atoms. The fourth-order valence-electron chi connectivity index (χ4n) is 3.44. The molecule has 1 heterocycles. The number of hydrogen-bond acceptors (Lipinski definition) is 3. The summed E-state index contributed by atoms with van der Waals surface area (Å²) in [6, 6.07) is 0.234. The Morgan fingerprint density at radius 2 is 1.90 bits per heavy atom. The summed E-state index contributed by atoms with van der Waals surface area (Å²) in [6.07, 6.45) is 7.89. The Morgan fingerprint density at radius 1 is 1.20 bits per heavy atom. The van der Waals surface area contributed by atoms with Crippen LogP contribution >= 0.6 is 0 Å². The lowest BCUT2D eigenvalue weighted by atomic mass is 9.83. The molecule has 1 amide bonds. The van der Waals surface area contributed by atoms with Crippen molar-refractivity contribution >= 4 is 5.91 Å². The van der Waals surface area contributed by atoms with Crippen molar-refractivity contribution in [3.63, 3.8) is 0 Å². The number of amides is 1. The molecule has 4 nitrogen and oxygen atoms in total. The lowest BCUT2D eigenvalue weighted by molar-refractivity contribution is -0.122. The average Bonchev–Trinajstić information content (AvgIpc) is 2.44. The number of nitrogens with two attached hydrogens (primary N) is 1. The van der Waals surface area contributed by atoms with Crippen molar-refractivity contribution in [2.45, 2.75) is 57.9 Å². The third kappa shape index (κ3) is 5.06. The highest BCUT2D eigenvalue weighted by atomic mass is 16.1. The van der Waals surface area contributed by atoms with Gasteiger partial charge in [-0.2, -0.15) is 0 Å². The van der Waals surface area contributed by atoms with Crippen molar-refractivity contribution in [3.05, 3.63) is 0 Å². The minimum Gasteiger partial charge on any atom is -0.355 e. The molecule has 4 heteroatoms. The number of piperidine rings is 1. The highest BCUT2D eigenvalue weighted by Gasteiger charge is 2.24. The number of likely N-dealkylation sites (tertiary alicyclic amines) is 1. The Labute approximate surface area is 123 Å². The van der Waals surface area contributed by atoms with E-state index in [2.05, 4.69) is 17.1 Å². The maximum Gasteiger partial charge on any atom is 0.220 e. The Balaban J connectivity index is 1.58. The standard InChI is InChI=1S/C16H31N3O/c1-13-6-9-19(10-7-13)11-8-18-16(20)12-14-4-2-3-5-15(14)17/h13-15H,2-12,17H2,1H3,(H,18,20). The number of hydrogen-bond donors (Lipinski definition) is 2. The van der Waals surface area contributed by atoms with E-state index in [0.717, 1.165) is 31.8 Å². The maximum atomic E-state index is 12.0. The largest absolute Gasteiger partial charge is 0.355 e. The van der Waals surface area contributed by atoms with Crippen LogP contribution < -0.4 is 11.1 Å². The molecule has 0 radical (unpaired) electrons. The molecule has 1 aliphatic carbocycles. The van der Waals surface area contributed by atoms with Gasteiger partial charge in [-0.05, 0) is 50.6 Å². The molecule has 20 heavy (non-hydrogen) atoms. The van der Waals surface area contributed by atoms with Gasteiger partial charge in [0.25, 0.3) is 0 Å². The van der Waals surface area contributed by atoms with Gasteiger partial charge in [0.2, 0.25) is 5.91 Å². The van der Waals surface area contributed by atoms with Gasteiger partial charge < -0.3 is 16.0 Å². The van der Waals surface area contributed by atoms with Crippen LogP contribution in [0.15, 0.2) is 0 Å². The van der Waals surface area contributed by atoms with Gasteiger partial charge in [0.1, 0.15) is 0 Å². The third-order valence-corrected chi connectivity index (χ3v) is 5.04. The second kappa shape index (κ2) is 7.99. The number of carbonyl (C=O) groups is 1. The van der Waals surface area contributed by atoms with E-state index in [0.29, 0.717) is 12.3 Å². The summed E-state index contributed by atoms with van der Waals surface area (Å²) < 4.78 is 0. The van der Waals surface area contributed by atoms with Crippen LogP contribution in [0.25, 0.3) is 0 Å². The maximum absolute atomic E-state index is 12.0. The van der Waals surface area contributed by atoms with E-state index >= 15 is 0 Å². The number of carbonyl (C=O) groups excluding carboxylic acids is 1. The van der Waals surface area contributed by atoms with E-state index in [1.54, 1.807) is 0 Å². The average molecular weight is 281 g/mol. The van der Waals surface area contributed by atoms with Crippen molar-refractivity contribution in [2.24, 2.45) is 17.6 Å². The second-order valence-corrected chi connectivity index (χ2v) is 6.79. The fourth-order valence-corrected chi connectivity index (χ4v) is 3.44. The summed E-state index contributed by atoms with van der Waals surface area (Å²) in [4.78, 5) is 14.4. The van der Waals surface area contributed by atoms with Gasteiger partial charge >= 0.3 is 0 Å². The molecule has 2 unspecified atom stereocenters. The molecule has 0 spiro atoms. The van der Waals surface area contributed by atoms with Crippen LogP contribution in [0.4, 0.5) is 0 Å². The van der Waals surface area contributed by atoms with E-state index in [4.69, 9.17) is 5.73 Å². The van der Waals surface area contributed by atoms with Crippen LogP contribution in [0.2, 0.25) is 0 Å². The molecule has 1 saturated carbocycles. The topological polar surface area (TPSA) is 58.4 Å². The van der Waals surface area contributed by atoms with Crippen molar-refractivity contribution in [3.8, 4) is 0 Å². The number of rotatable bonds is 5. The first-order valence-corrected chi connectivity index (χ1v) is 8.40. The monoisotopic (exact) mass is 281 g/mol. The number of nitrogens with zero attached hydrogens (tertiary/aromatic N) is 1. The van der Waals surface area contributed by atoms with Crippen molar-refractivity contribution in [1.29, 1.82) is 0 Å². The second-order valence-electron chi connectivity index (χ2n) is 6.79. The van der Waals surface area contributed by atoms with E-state index < -0.39 is 0 Å². The zero-order valence-electron chi connectivity index (χ0n) is 12.9. The number of nitrogens with one attached hydrogen (secondary N) is 1. The molecule has 0 aromatic heterocycles. The Kier molecular flexibility index (Phi) is 6.30. The van der Waals surface area contributed by atoms with Crippen LogP contribution in [0, 0.1) is 11.8 Å². The summed E-state index contributed by atoms with van der Waals surface area (Å²) in [5, 5.41) is 3.07. The summed E-state index contributed by atoms with van der Waals surface area (Å²) in [5.41, 5.74) is 6.10. The molecule has 0 aromatic carbocycles. The highest BCUT2D eigenvalue weighted by molar-refractivity contribution is 5.76. The smallest absolute Gasteiger partial charge is 0.220 e. The Hall–Kier alpha value is -0.610. The SMILES string of the molecule is CC1CCN(CCNC(=O)CC2CCCCC2N)CC1. The molecule has 2 aliphatic rings. The van der Waals surface area contributed by atoms with E-state index in [9.17, 15) is 4.79 Å². The fraction of sp³-hybridized carbons (Fsp3) is 0.938. The molecule has 2 atom stereocenters. The predicted octanol–water partition coefficient (Wildman–Crippen LogP) is 1.74. The van der Waals surface area contributed by atoms with Gasteiger partial charge in [-0.3, -0.25) is 4.79 Å². The summed E-state index contributed by atoms with van der Waals surface area (Å²) in [5.74, 6) is 1.46. The lowest BCUT2D eigenvalue weighted by Crippen LogP contribution is -2.41. The van der Waals surface area contributed by atoms with E-state index in [1.807, 2.05) is 0 Å². The lowest BCUT2D eigenvalue weighted by Gasteiger charge is -2.30. The van der Waals surface area contributed by atoms with Gasteiger partial charge in [-0.15, -0.1) is 0 Å². The zero-order chi connectivity index (χ0) is 14.4. The first-order valence-electron chi connectivity index (χ1n) is 8.40. The van der Waals surface area contributed by atoms with Crippen LogP contribution in [-0.2, 0) is 4.79 Å². The summed E-state index contributed by atoms with van der Waals surface area (Å²) in [6.45, 7) is 6.48. The first kappa shape index (κ1) is 15.8. The molecule has 116 valence electrons. The van der Waals surface area contributed by atoms with Crippen molar-refractivity contribution in [1.82, 2.24) is 10.2 Å². The van der Waals surface area contributed by atoms with Crippen molar-refractivity contribution in [2.75, 3.05) is 26.2 Å². The molecule has 2 rings (SSSR count). The summed E-state index contributed by atoms with van der Waals surface area (Å²) in [7, 11) is 0. The minimum atomic E-state index is 0.192. The molecule has 1 aliphatic heterocycles. The van der Waals surface area contributed by atoms with Crippen LogP contribution in [0.1, 0.15) is 51.9 Å². The Morgan fingerprint density at radius 3 is 2.60 bits per heavy atom. The van der Waals surface area contributed by atoms with Gasteiger partial charge in [0.15, 0.2) is 0 Å². The van der Waals surface area contributed by atoms with Gasteiger partial charge in [-0.25, -0.2) is 0 Å². The first-order chi connectivity index (χ1) is 9.65. The van der Waals surface area contributed by atoms with Gasteiger partial charge in [0.05, 0.1) is 0 Å². The predicted molar refractivity (Wildman–Crippen MR) is 82.4 cm³/mol. The van der Waals surface area contributed by atoms with E-state index in [-0.39, 0.29) is 11.9 Å². The zero-order valence-corrected chi connectivity index (χ0v) is 12.9. The molecule has 1 saturated heterocycles. The normalized spacial score (nSPS) is 29.3. The van der Waals surface area contributed by atoms with Crippen molar-refractivity contribution < 1.29 is 4.79 Å². The molecular weight excluding hydrogens is 250 g/mol. The molecule has 2 fully saturated rings. The van der Waals surface area contributed by atoms with Gasteiger partial charge in [-0.1, -0.05) is 19.8 Å². The van der Waals surface area contributed by atoms with E-state index in [1.165, 1.54) is 38.8 Å². The third-order valence-electron chi connectivity index (χ3n) is 5.04. The van der Waals surface area contributed by atoms with Crippen LogP contribution in [-0.4, -0.2) is 43.0 Å². The Bertz CT molecular complexity index is 300. The molecule has 3 N–H and O–H groups in total. The van der Waals surface area contributed by atoms with Crippen LogP contribution in [0.3, 0.4) is 0 Å².